The average molecular weight is 280 g/mol. The zero-order valence-electron chi connectivity index (χ0n) is 11.3. The van der Waals surface area contributed by atoms with E-state index in [0.717, 1.165) is 11.7 Å². The Morgan fingerprint density at radius 1 is 1.32 bits per heavy atom. The van der Waals surface area contributed by atoms with Crippen LogP contribution in [0.5, 0.6) is 0 Å². The van der Waals surface area contributed by atoms with Gasteiger partial charge in [0.25, 0.3) is 0 Å². The fourth-order valence-corrected chi connectivity index (χ4v) is 3.98. The first-order valence-corrected chi connectivity index (χ1v) is 7.95. The molecule has 3 rings (SSSR count). The molecule has 104 valence electrons. The minimum atomic E-state index is 0.483. The van der Waals surface area contributed by atoms with Crippen molar-refractivity contribution in [2.45, 2.75) is 45.6 Å². The van der Waals surface area contributed by atoms with Crippen LogP contribution in [0.4, 0.5) is 0 Å². The standard InChI is InChI=1S/C13H20N4OS/c1-10-16-11(17-18-10)7-14-12-15-8-13(9-19-12)5-3-2-4-6-13/h2-9H2,1H3,(H,14,15). The number of amidine groups is 1. The molecule has 2 aliphatic rings. The molecule has 1 aliphatic carbocycles. The first-order chi connectivity index (χ1) is 9.26. The van der Waals surface area contributed by atoms with Gasteiger partial charge < -0.3 is 9.84 Å². The molecule has 2 heterocycles. The van der Waals surface area contributed by atoms with Crippen molar-refractivity contribution in [3.63, 3.8) is 0 Å². The van der Waals surface area contributed by atoms with Crippen molar-refractivity contribution in [1.29, 1.82) is 0 Å². The molecule has 1 aromatic heterocycles. The van der Waals surface area contributed by atoms with Crippen LogP contribution in [0, 0.1) is 12.3 Å². The summed E-state index contributed by atoms with van der Waals surface area (Å²) in [6, 6.07) is 0. The van der Waals surface area contributed by atoms with E-state index in [1.807, 2.05) is 11.8 Å². The summed E-state index contributed by atoms with van der Waals surface area (Å²) in [6.07, 6.45) is 6.85. The van der Waals surface area contributed by atoms with Crippen LogP contribution < -0.4 is 5.32 Å². The van der Waals surface area contributed by atoms with Crippen molar-refractivity contribution < 1.29 is 4.52 Å². The van der Waals surface area contributed by atoms with E-state index in [-0.39, 0.29) is 0 Å². The molecule has 1 aliphatic heterocycles. The number of aromatic nitrogens is 2. The van der Waals surface area contributed by atoms with Gasteiger partial charge in [-0.2, -0.15) is 4.98 Å². The largest absolute Gasteiger partial charge is 0.357 e. The Labute approximate surface area is 117 Å². The third-order valence-corrected chi connectivity index (χ3v) is 5.26. The molecule has 0 bridgehead atoms. The van der Waals surface area contributed by atoms with Crippen molar-refractivity contribution >= 4 is 16.9 Å². The number of hydrogen-bond donors (Lipinski definition) is 1. The highest BCUT2D eigenvalue weighted by atomic mass is 32.2. The zero-order chi connectivity index (χ0) is 13.1. The van der Waals surface area contributed by atoms with Gasteiger partial charge in [-0.25, -0.2) is 0 Å². The monoisotopic (exact) mass is 280 g/mol. The van der Waals surface area contributed by atoms with Crippen LogP contribution in [0.15, 0.2) is 9.52 Å². The average Bonchev–Trinajstić information content (AvgIpc) is 2.85. The second kappa shape index (κ2) is 5.53. The second-order valence-electron chi connectivity index (χ2n) is 5.55. The van der Waals surface area contributed by atoms with E-state index in [0.29, 0.717) is 23.7 Å². The van der Waals surface area contributed by atoms with Crippen LogP contribution in [0.3, 0.4) is 0 Å². The molecule has 0 saturated heterocycles. The number of nitrogens with one attached hydrogen (secondary N) is 1. The molecule has 0 unspecified atom stereocenters. The Kier molecular flexibility index (Phi) is 3.77. The van der Waals surface area contributed by atoms with Gasteiger partial charge in [-0.3, -0.25) is 4.99 Å². The molecule has 6 heteroatoms. The third kappa shape index (κ3) is 3.11. The topological polar surface area (TPSA) is 63.3 Å². The maximum atomic E-state index is 4.95. The Morgan fingerprint density at radius 3 is 2.79 bits per heavy atom. The quantitative estimate of drug-likeness (QED) is 0.902. The molecular weight excluding hydrogens is 260 g/mol. The van der Waals surface area contributed by atoms with Gasteiger partial charge in [0, 0.05) is 19.2 Å². The summed E-state index contributed by atoms with van der Waals surface area (Å²) in [5, 5.41) is 8.20. The van der Waals surface area contributed by atoms with E-state index in [4.69, 9.17) is 9.52 Å². The number of thioether (sulfide) groups is 1. The van der Waals surface area contributed by atoms with Gasteiger partial charge >= 0.3 is 0 Å². The SMILES string of the molecule is Cc1nc(CNC2=NCC3(CCCCC3)CS2)no1. The molecular formula is C13H20N4OS. The number of aryl methyl sites for hydroxylation is 1. The Bertz CT molecular complexity index is 465. The molecule has 1 fully saturated rings. The van der Waals surface area contributed by atoms with Crippen molar-refractivity contribution in [2.75, 3.05) is 12.3 Å². The van der Waals surface area contributed by atoms with Gasteiger partial charge in [0.1, 0.15) is 0 Å². The minimum Gasteiger partial charge on any atom is -0.357 e. The van der Waals surface area contributed by atoms with Gasteiger partial charge in [0.05, 0.1) is 6.54 Å². The maximum absolute atomic E-state index is 4.95. The van der Waals surface area contributed by atoms with Crippen LogP contribution in [0.1, 0.15) is 43.8 Å². The molecule has 0 amide bonds. The zero-order valence-corrected chi connectivity index (χ0v) is 12.1. The van der Waals surface area contributed by atoms with E-state index in [2.05, 4.69) is 15.5 Å². The van der Waals surface area contributed by atoms with Crippen LogP contribution in [-0.2, 0) is 6.54 Å². The lowest BCUT2D eigenvalue weighted by Gasteiger charge is -2.38. The van der Waals surface area contributed by atoms with Gasteiger partial charge in [-0.15, -0.1) is 0 Å². The number of aliphatic imine (C=N–C) groups is 1. The highest BCUT2D eigenvalue weighted by Crippen LogP contribution is 2.41. The molecule has 1 spiro atoms. The van der Waals surface area contributed by atoms with Gasteiger partial charge in [-0.05, 0) is 18.3 Å². The molecule has 0 atom stereocenters. The van der Waals surface area contributed by atoms with Crippen LogP contribution in [0.2, 0.25) is 0 Å². The third-order valence-electron chi connectivity index (χ3n) is 3.95. The lowest BCUT2D eigenvalue weighted by molar-refractivity contribution is 0.232. The molecule has 19 heavy (non-hydrogen) atoms. The molecule has 0 aromatic carbocycles. The van der Waals surface area contributed by atoms with Crippen molar-refractivity contribution in [2.24, 2.45) is 10.4 Å². The summed E-state index contributed by atoms with van der Waals surface area (Å²) < 4.78 is 4.95. The Hall–Kier alpha value is -1.04. The predicted octanol–water partition coefficient (Wildman–Crippen LogP) is 2.52. The Morgan fingerprint density at radius 2 is 2.16 bits per heavy atom. The summed E-state index contributed by atoms with van der Waals surface area (Å²) in [5.41, 5.74) is 0.483. The van der Waals surface area contributed by atoms with Crippen molar-refractivity contribution in [3.05, 3.63) is 11.7 Å². The highest BCUT2D eigenvalue weighted by Gasteiger charge is 2.34. The lowest BCUT2D eigenvalue weighted by atomic mass is 9.75. The highest BCUT2D eigenvalue weighted by molar-refractivity contribution is 8.13. The first kappa shape index (κ1) is 13.0. The van der Waals surface area contributed by atoms with E-state index < -0.39 is 0 Å². The summed E-state index contributed by atoms with van der Waals surface area (Å²) >= 11 is 1.85. The minimum absolute atomic E-state index is 0.483. The van der Waals surface area contributed by atoms with Crippen LogP contribution in [0.25, 0.3) is 0 Å². The Balaban J connectivity index is 1.53. The number of nitrogens with zero attached hydrogens (tertiary/aromatic N) is 3. The summed E-state index contributed by atoms with van der Waals surface area (Å²) in [4.78, 5) is 8.88. The van der Waals surface area contributed by atoms with E-state index in [9.17, 15) is 0 Å². The van der Waals surface area contributed by atoms with E-state index >= 15 is 0 Å². The molecule has 0 radical (unpaired) electrons. The molecule has 1 N–H and O–H groups in total. The summed E-state index contributed by atoms with van der Waals surface area (Å²) in [6.45, 7) is 3.37. The first-order valence-electron chi connectivity index (χ1n) is 6.96. The number of rotatable bonds is 2. The summed E-state index contributed by atoms with van der Waals surface area (Å²) in [5.74, 6) is 2.50. The maximum Gasteiger partial charge on any atom is 0.223 e. The van der Waals surface area contributed by atoms with Crippen LogP contribution in [-0.4, -0.2) is 27.6 Å². The van der Waals surface area contributed by atoms with Gasteiger partial charge in [0.15, 0.2) is 11.0 Å². The summed E-state index contributed by atoms with van der Waals surface area (Å²) in [7, 11) is 0. The normalized spacial score (nSPS) is 22.3. The second-order valence-corrected chi connectivity index (χ2v) is 6.52. The molecule has 1 saturated carbocycles. The lowest BCUT2D eigenvalue weighted by Crippen LogP contribution is -2.36. The van der Waals surface area contributed by atoms with Crippen LogP contribution >= 0.6 is 11.8 Å². The van der Waals surface area contributed by atoms with Crippen molar-refractivity contribution in [1.82, 2.24) is 15.5 Å². The van der Waals surface area contributed by atoms with Gasteiger partial charge in [-0.1, -0.05) is 36.2 Å². The van der Waals surface area contributed by atoms with E-state index in [1.165, 1.54) is 37.9 Å². The fourth-order valence-electron chi connectivity index (χ4n) is 2.83. The molecule has 5 nitrogen and oxygen atoms in total. The van der Waals surface area contributed by atoms with Gasteiger partial charge in [0.2, 0.25) is 5.89 Å². The van der Waals surface area contributed by atoms with E-state index in [1.54, 1.807) is 6.92 Å². The van der Waals surface area contributed by atoms with Crippen molar-refractivity contribution in [3.8, 4) is 0 Å². The number of hydrogen-bond acceptors (Lipinski definition) is 6. The smallest absolute Gasteiger partial charge is 0.223 e. The fraction of sp³-hybridized carbons (Fsp3) is 0.769. The predicted molar refractivity (Wildman–Crippen MR) is 76.2 cm³/mol. The molecule has 1 aromatic rings.